The Morgan fingerprint density at radius 3 is 2.72 bits per heavy atom. The standard InChI is InChI=1S/C13H16BrN3O/c1-8-6-9(14)4-5-10(8)12-16-11(18-17-12)7-13(2,3)15/h4-6H,7,15H2,1-3H3. The average Bonchev–Trinajstić information content (AvgIpc) is 2.63. The molecule has 1 heterocycles. The minimum absolute atomic E-state index is 0.349. The molecule has 2 aromatic rings. The zero-order valence-electron chi connectivity index (χ0n) is 10.7. The molecule has 0 fully saturated rings. The number of aromatic nitrogens is 2. The summed E-state index contributed by atoms with van der Waals surface area (Å²) in [6.07, 6.45) is 0.565. The largest absolute Gasteiger partial charge is 0.339 e. The molecule has 0 bridgehead atoms. The van der Waals surface area contributed by atoms with Crippen molar-refractivity contribution in [2.75, 3.05) is 0 Å². The molecule has 0 aliphatic rings. The van der Waals surface area contributed by atoms with Gasteiger partial charge in [0, 0.05) is 22.0 Å². The van der Waals surface area contributed by atoms with Gasteiger partial charge in [-0.05, 0) is 44.5 Å². The van der Waals surface area contributed by atoms with Crippen LogP contribution in [0.2, 0.25) is 0 Å². The highest BCUT2D eigenvalue weighted by molar-refractivity contribution is 9.10. The topological polar surface area (TPSA) is 64.9 Å². The molecule has 4 nitrogen and oxygen atoms in total. The van der Waals surface area contributed by atoms with Crippen molar-refractivity contribution in [1.82, 2.24) is 10.1 Å². The smallest absolute Gasteiger partial charge is 0.228 e. The fourth-order valence-corrected chi connectivity index (χ4v) is 2.18. The Balaban J connectivity index is 2.29. The van der Waals surface area contributed by atoms with E-state index in [9.17, 15) is 0 Å². The molecule has 1 aromatic carbocycles. The number of nitrogens with zero attached hydrogens (tertiary/aromatic N) is 2. The van der Waals surface area contributed by atoms with Crippen molar-refractivity contribution in [1.29, 1.82) is 0 Å². The normalized spacial score (nSPS) is 11.8. The van der Waals surface area contributed by atoms with Crippen LogP contribution in [0.3, 0.4) is 0 Å². The first-order chi connectivity index (χ1) is 8.35. The Labute approximate surface area is 115 Å². The van der Waals surface area contributed by atoms with Gasteiger partial charge < -0.3 is 10.3 Å². The third kappa shape index (κ3) is 3.17. The van der Waals surface area contributed by atoms with Gasteiger partial charge in [0.2, 0.25) is 11.7 Å². The third-order valence-corrected chi connectivity index (χ3v) is 3.00. The van der Waals surface area contributed by atoms with E-state index in [0.29, 0.717) is 18.1 Å². The monoisotopic (exact) mass is 309 g/mol. The average molecular weight is 310 g/mol. The summed E-state index contributed by atoms with van der Waals surface area (Å²) < 4.78 is 6.27. The van der Waals surface area contributed by atoms with Gasteiger partial charge in [-0.25, -0.2) is 0 Å². The predicted octanol–water partition coefficient (Wildman–Crippen LogP) is 3.09. The number of aryl methyl sites for hydroxylation is 1. The molecule has 0 saturated carbocycles. The first-order valence-corrected chi connectivity index (χ1v) is 6.52. The summed E-state index contributed by atoms with van der Waals surface area (Å²) in [5, 5.41) is 4.00. The molecule has 0 aliphatic carbocycles. The Bertz CT molecular complexity index is 558. The zero-order valence-corrected chi connectivity index (χ0v) is 12.3. The van der Waals surface area contributed by atoms with Crippen molar-refractivity contribution in [3.8, 4) is 11.4 Å². The van der Waals surface area contributed by atoms with E-state index in [1.165, 1.54) is 0 Å². The van der Waals surface area contributed by atoms with E-state index in [1.807, 2.05) is 39.0 Å². The van der Waals surface area contributed by atoms with Gasteiger partial charge in [-0.2, -0.15) is 4.98 Å². The first-order valence-electron chi connectivity index (χ1n) is 5.73. The molecule has 0 radical (unpaired) electrons. The van der Waals surface area contributed by atoms with Crippen molar-refractivity contribution >= 4 is 15.9 Å². The Morgan fingerprint density at radius 2 is 2.11 bits per heavy atom. The van der Waals surface area contributed by atoms with Crippen LogP contribution < -0.4 is 5.73 Å². The lowest BCUT2D eigenvalue weighted by Gasteiger charge is -2.14. The Morgan fingerprint density at radius 1 is 1.39 bits per heavy atom. The van der Waals surface area contributed by atoms with E-state index < -0.39 is 0 Å². The molecule has 18 heavy (non-hydrogen) atoms. The molecule has 96 valence electrons. The highest BCUT2D eigenvalue weighted by Crippen LogP contribution is 2.24. The van der Waals surface area contributed by atoms with Crippen LogP contribution in [0.5, 0.6) is 0 Å². The summed E-state index contributed by atoms with van der Waals surface area (Å²) in [6.45, 7) is 5.88. The second-order valence-corrected chi connectivity index (χ2v) is 6.05. The van der Waals surface area contributed by atoms with Crippen LogP contribution in [0.25, 0.3) is 11.4 Å². The number of hydrogen-bond donors (Lipinski definition) is 1. The van der Waals surface area contributed by atoms with Crippen molar-refractivity contribution in [2.45, 2.75) is 32.7 Å². The van der Waals surface area contributed by atoms with Gasteiger partial charge in [0.1, 0.15) is 0 Å². The maximum absolute atomic E-state index is 5.93. The van der Waals surface area contributed by atoms with Gasteiger partial charge in [0.15, 0.2) is 0 Å². The van der Waals surface area contributed by atoms with Gasteiger partial charge in [0.05, 0.1) is 0 Å². The summed E-state index contributed by atoms with van der Waals surface area (Å²) in [5.41, 5.74) is 7.66. The molecule has 2 N–H and O–H groups in total. The number of nitrogens with two attached hydrogens (primary N) is 1. The van der Waals surface area contributed by atoms with Crippen LogP contribution in [0.1, 0.15) is 25.3 Å². The number of rotatable bonds is 3. The summed E-state index contributed by atoms with van der Waals surface area (Å²) in [6, 6.07) is 5.96. The Kier molecular flexibility index (Phi) is 3.54. The Hall–Kier alpha value is -1.20. The molecule has 0 unspecified atom stereocenters. The second kappa shape index (κ2) is 4.82. The zero-order chi connectivity index (χ0) is 13.3. The molecule has 0 amide bonds. The molecule has 1 aromatic heterocycles. The fourth-order valence-electron chi connectivity index (χ4n) is 1.70. The van der Waals surface area contributed by atoms with Gasteiger partial charge in [-0.3, -0.25) is 0 Å². The SMILES string of the molecule is Cc1cc(Br)ccc1-c1noc(CC(C)(C)N)n1. The van der Waals surface area contributed by atoms with Crippen LogP contribution in [-0.2, 0) is 6.42 Å². The van der Waals surface area contributed by atoms with Gasteiger partial charge in [-0.15, -0.1) is 0 Å². The maximum atomic E-state index is 5.93. The lowest BCUT2D eigenvalue weighted by Crippen LogP contribution is -2.34. The van der Waals surface area contributed by atoms with Gasteiger partial charge >= 0.3 is 0 Å². The molecule has 2 rings (SSSR count). The molecule has 0 atom stereocenters. The van der Waals surface area contributed by atoms with Gasteiger partial charge in [0.25, 0.3) is 0 Å². The summed E-state index contributed by atoms with van der Waals surface area (Å²) >= 11 is 3.43. The highest BCUT2D eigenvalue weighted by atomic mass is 79.9. The number of hydrogen-bond acceptors (Lipinski definition) is 4. The minimum Gasteiger partial charge on any atom is -0.339 e. The maximum Gasteiger partial charge on any atom is 0.228 e. The van der Waals surface area contributed by atoms with Crippen molar-refractivity contribution < 1.29 is 4.52 Å². The molecule has 5 heteroatoms. The van der Waals surface area contributed by atoms with E-state index in [0.717, 1.165) is 15.6 Å². The third-order valence-electron chi connectivity index (χ3n) is 2.50. The molecular weight excluding hydrogens is 294 g/mol. The first kappa shape index (κ1) is 13.2. The van der Waals surface area contributed by atoms with Crippen LogP contribution >= 0.6 is 15.9 Å². The van der Waals surface area contributed by atoms with Crippen molar-refractivity contribution in [3.63, 3.8) is 0 Å². The van der Waals surface area contributed by atoms with Crippen LogP contribution in [0.15, 0.2) is 27.2 Å². The van der Waals surface area contributed by atoms with Crippen LogP contribution in [-0.4, -0.2) is 15.7 Å². The lowest BCUT2D eigenvalue weighted by molar-refractivity contribution is 0.348. The van der Waals surface area contributed by atoms with E-state index in [-0.39, 0.29) is 5.54 Å². The summed E-state index contributed by atoms with van der Waals surface area (Å²) in [7, 11) is 0. The highest BCUT2D eigenvalue weighted by Gasteiger charge is 2.18. The van der Waals surface area contributed by atoms with E-state index in [1.54, 1.807) is 0 Å². The van der Waals surface area contributed by atoms with E-state index >= 15 is 0 Å². The molecular formula is C13H16BrN3O. The van der Waals surface area contributed by atoms with Crippen LogP contribution in [0.4, 0.5) is 0 Å². The second-order valence-electron chi connectivity index (χ2n) is 5.14. The van der Waals surface area contributed by atoms with E-state index in [2.05, 4.69) is 26.1 Å². The molecule has 0 aliphatic heterocycles. The van der Waals surface area contributed by atoms with E-state index in [4.69, 9.17) is 10.3 Å². The molecule has 0 saturated heterocycles. The summed E-state index contributed by atoms with van der Waals surface area (Å²) in [4.78, 5) is 4.38. The van der Waals surface area contributed by atoms with Gasteiger partial charge in [-0.1, -0.05) is 21.1 Å². The number of benzene rings is 1. The predicted molar refractivity (Wildman–Crippen MR) is 74.1 cm³/mol. The fraction of sp³-hybridized carbons (Fsp3) is 0.385. The number of halogens is 1. The molecule has 0 spiro atoms. The van der Waals surface area contributed by atoms with Crippen molar-refractivity contribution in [2.24, 2.45) is 5.73 Å². The van der Waals surface area contributed by atoms with Crippen LogP contribution in [0, 0.1) is 6.92 Å². The minimum atomic E-state index is -0.349. The van der Waals surface area contributed by atoms with Crippen molar-refractivity contribution in [3.05, 3.63) is 34.1 Å². The lowest BCUT2D eigenvalue weighted by atomic mass is 10.0. The quantitative estimate of drug-likeness (QED) is 0.946. The summed E-state index contributed by atoms with van der Waals surface area (Å²) in [5.74, 6) is 1.18.